The lowest BCUT2D eigenvalue weighted by Gasteiger charge is -2.38. The molecule has 1 aliphatic heterocycles. The van der Waals surface area contributed by atoms with Crippen LogP contribution in [0.15, 0.2) is 42.6 Å². The third-order valence-electron chi connectivity index (χ3n) is 5.13. The second kappa shape index (κ2) is 9.56. The van der Waals surface area contributed by atoms with Gasteiger partial charge >= 0.3 is 6.03 Å². The van der Waals surface area contributed by atoms with Crippen LogP contribution in [0.4, 0.5) is 4.79 Å². The average molecular weight is 431 g/mol. The van der Waals surface area contributed by atoms with Crippen LogP contribution < -0.4 is 5.32 Å². The van der Waals surface area contributed by atoms with E-state index >= 15 is 0 Å². The summed E-state index contributed by atoms with van der Waals surface area (Å²) in [4.78, 5) is 29.6. The minimum absolute atomic E-state index is 0.0136. The maximum atomic E-state index is 13.4. The van der Waals surface area contributed by atoms with E-state index in [0.29, 0.717) is 18.1 Å². The van der Waals surface area contributed by atoms with Crippen molar-refractivity contribution in [3.63, 3.8) is 0 Å². The number of fused-ring (bicyclic) bond motifs is 1. The molecule has 0 radical (unpaired) electrons. The normalized spacial score (nSPS) is 16.0. The maximum absolute atomic E-state index is 13.4. The van der Waals surface area contributed by atoms with Crippen LogP contribution in [0.1, 0.15) is 45.0 Å². The number of aromatic nitrogens is 1. The van der Waals surface area contributed by atoms with Crippen molar-refractivity contribution in [2.24, 2.45) is 5.92 Å². The van der Waals surface area contributed by atoms with Gasteiger partial charge in [-0.3, -0.25) is 4.79 Å². The highest BCUT2D eigenvalue weighted by molar-refractivity contribution is 6.30. The van der Waals surface area contributed by atoms with Crippen molar-refractivity contribution >= 4 is 23.5 Å². The van der Waals surface area contributed by atoms with E-state index in [9.17, 15) is 9.59 Å². The minimum Gasteiger partial charge on any atom is -0.348 e. The largest absolute Gasteiger partial charge is 0.348 e. The van der Waals surface area contributed by atoms with Crippen molar-refractivity contribution < 1.29 is 9.59 Å². The van der Waals surface area contributed by atoms with Crippen LogP contribution >= 0.6 is 11.6 Å². The molecule has 2 heterocycles. The molecular weight excluding hydrogens is 400 g/mol. The molecule has 0 fully saturated rings. The van der Waals surface area contributed by atoms with Crippen LogP contribution in [-0.2, 0) is 11.3 Å². The first-order chi connectivity index (χ1) is 14.3. The zero-order valence-electron chi connectivity index (χ0n) is 18.1. The van der Waals surface area contributed by atoms with Crippen LogP contribution in [0.3, 0.4) is 0 Å². The average Bonchev–Trinajstić information content (AvgIpc) is 3.14. The molecule has 0 saturated carbocycles. The number of hydrogen-bond donors (Lipinski definition) is 1. The fraction of sp³-hybridized carbons (Fsp3) is 0.478. The second-order valence-corrected chi connectivity index (χ2v) is 8.99. The van der Waals surface area contributed by atoms with E-state index in [2.05, 4.69) is 9.88 Å². The van der Waals surface area contributed by atoms with E-state index in [4.69, 9.17) is 11.6 Å². The summed E-state index contributed by atoms with van der Waals surface area (Å²) in [6.07, 6.45) is 2.04. The summed E-state index contributed by atoms with van der Waals surface area (Å²) in [5.41, 5.74) is 2.02. The van der Waals surface area contributed by atoms with Crippen LogP contribution in [0.5, 0.6) is 0 Å². The van der Waals surface area contributed by atoms with E-state index in [-0.39, 0.29) is 36.5 Å². The standard InChI is InChI=1S/C23H31ClN4O2/c1-16(2)14-27(23(30)25-17(3)4)15-21(29)28-12-11-26-10-6-9-20(26)22(28)18-7-5-8-19(24)13-18/h5-10,13,16-17,22H,11-12,14-15H2,1-4H3,(H,25,30)/t22-/m1/s1. The van der Waals surface area contributed by atoms with Gasteiger partial charge in [-0.1, -0.05) is 37.6 Å². The molecular formula is C23H31ClN4O2. The van der Waals surface area contributed by atoms with Crippen molar-refractivity contribution in [1.29, 1.82) is 0 Å². The first-order valence-corrected chi connectivity index (χ1v) is 10.9. The lowest BCUT2D eigenvalue weighted by atomic mass is 9.99. The van der Waals surface area contributed by atoms with Crippen molar-refractivity contribution in [3.05, 3.63) is 58.9 Å². The van der Waals surface area contributed by atoms with Gasteiger partial charge in [0.2, 0.25) is 5.91 Å². The Morgan fingerprint density at radius 2 is 1.93 bits per heavy atom. The van der Waals surface area contributed by atoms with Gasteiger partial charge in [0.15, 0.2) is 0 Å². The molecule has 6 nitrogen and oxygen atoms in total. The van der Waals surface area contributed by atoms with E-state index in [0.717, 1.165) is 17.8 Å². The maximum Gasteiger partial charge on any atom is 0.318 e. The molecule has 1 aromatic heterocycles. The molecule has 0 spiro atoms. The van der Waals surface area contributed by atoms with Gasteiger partial charge in [-0.2, -0.15) is 0 Å². The van der Waals surface area contributed by atoms with Gasteiger partial charge in [0.25, 0.3) is 0 Å². The summed E-state index contributed by atoms with van der Waals surface area (Å²) in [5, 5.41) is 3.55. The van der Waals surface area contributed by atoms with Crippen LogP contribution in [-0.4, -0.2) is 52.0 Å². The molecule has 0 unspecified atom stereocenters. The van der Waals surface area contributed by atoms with Gasteiger partial charge in [-0.25, -0.2) is 4.79 Å². The Balaban J connectivity index is 1.87. The van der Waals surface area contributed by atoms with Gasteiger partial charge in [-0.05, 0) is 49.6 Å². The van der Waals surface area contributed by atoms with Gasteiger partial charge in [0.05, 0.1) is 6.04 Å². The van der Waals surface area contributed by atoms with Gasteiger partial charge < -0.3 is 19.7 Å². The zero-order chi connectivity index (χ0) is 21.8. The molecule has 162 valence electrons. The van der Waals surface area contributed by atoms with E-state index in [1.807, 2.05) is 75.2 Å². The van der Waals surface area contributed by atoms with Gasteiger partial charge in [0.1, 0.15) is 6.54 Å². The van der Waals surface area contributed by atoms with E-state index in [1.54, 1.807) is 4.90 Å². The van der Waals surface area contributed by atoms with Crippen molar-refractivity contribution in [2.45, 2.75) is 46.3 Å². The summed E-state index contributed by atoms with van der Waals surface area (Å²) in [5.74, 6) is 0.199. The molecule has 1 atom stereocenters. The number of nitrogens with zero attached hydrogens (tertiary/aromatic N) is 3. The molecule has 3 rings (SSSR count). The summed E-state index contributed by atoms with van der Waals surface area (Å²) < 4.78 is 2.17. The Morgan fingerprint density at radius 1 is 1.17 bits per heavy atom. The highest BCUT2D eigenvalue weighted by Gasteiger charge is 2.33. The quantitative estimate of drug-likeness (QED) is 0.748. The number of halogens is 1. The summed E-state index contributed by atoms with van der Waals surface area (Å²) >= 11 is 6.25. The van der Waals surface area contributed by atoms with Gasteiger partial charge in [0, 0.05) is 42.6 Å². The van der Waals surface area contributed by atoms with Gasteiger partial charge in [-0.15, -0.1) is 0 Å². The monoisotopic (exact) mass is 430 g/mol. The Bertz CT molecular complexity index is 893. The van der Waals surface area contributed by atoms with Crippen LogP contribution in [0.2, 0.25) is 5.02 Å². The highest BCUT2D eigenvalue weighted by atomic mass is 35.5. The molecule has 0 aliphatic carbocycles. The zero-order valence-corrected chi connectivity index (χ0v) is 18.9. The Morgan fingerprint density at radius 3 is 2.60 bits per heavy atom. The Hall–Kier alpha value is -2.47. The Kier molecular flexibility index (Phi) is 7.08. The molecule has 30 heavy (non-hydrogen) atoms. The fourth-order valence-corrected chi connectivity index (χ4v) is 4.13. The molecule has 0 bridgehead atoms. The summed E-state index contributed by atoms with van der Waals surface area (Å²) in [6, 6.07) is 11.3. The van der Waals surface area contributed by atoms with Crippen molar-refractivity contribution in [1.82, 2.24) is 19.7 Å². The van der Waals surface area contributed by atoms with E-state index in [1.165, 1.54) is 0 Å². The molecule has 7 heteroatoms. The first-order valence-electron chi connectivity index (χ1n) is 10.5. The molecule has 0 saturated heterocycles. The number of benzene rings is 1. The van der Waals surface area contributed by atoms with E-state index < -0.39 is 0 Å². The molecule has 3 amide bonds. The lowest BCUT2D eigenvalue weighted by Crippen LogP contribution is -2.51. The SMILES string of the molecule is CC(C)CN(CC(=O)N1CCn2cccc2[C@H]1c1cccc(Cl)c1)C(=O)NC(C)C. The summed E-state index contributed by atoms with van der Waals surface area (Å²) in [6.45, 7) is 9.81. The predicted molar refractivity (Wildman–Crippen MR) is 120 cm³/mol. The minimum atomic E-state index is -0.228. The molecule has 2 aromatic rings. The fourth-order valence-electron chi connectivity index (χ4n) is 3.93. The number of urea groups is 1. The predicted octanol–water partition coefficient (Wildman–Crippen LogP) is 4.15. The van der Waals surface area contributed by atoms with Crippen LogP contribution in [0.25, 0.3) is 0 Å². The van der Waals surface area contributed by atoms with Crippen LogP contribution in [0, 0.1) is 5.92 Å². The summed E-state index contributed by atoms with van der Waals surface area (Å²) in [7, 11) is 0. The molecule has 1 N–H and O–H groups in total. The topological polar surface area (TPSA) is 57.6 Å². The number of amides is 3. The smallest absolute Gasteiger partial charge is 0.318 e. The van der Waals surface area contributed by atoms with Crippen molar-refractivity contribution in [2.75, 3.05) is 19.6 Å². The lowest BCUT2D eigenvalue weighted by molar-refractivity contribution is -0.134. The second-order valence-electron chi connectivity index (χ2n) is 8.55. The first kappa shape index (κ1) is 22.2. The Labute approximate surface area is 183 Å². The third kappa shape index (κ3) is 5.17. The third-order valence-corrected chi connectivity index (χ3v) is 5.37. The number of carbonyl (C=O) groups is 2. The highest BCUT2D eigenvalue weighted by Crippen LogP contribution is 2.33. The number of hydrogen-bond acceptors (Lipinski definition) is 2. The molecule has 1 aromatic carbocycles. The molecule has 1 aliphatic rings. The number of rotatable bonds is 6. The number of carbonyl (C=O) groups excluding carboxylic acids is 2. The van der Waals surface area contributed by atoms with Crippen molar-refractivity contribution in [3.8, 4) is 0 Å². The number of nitrogens with one attached hydrogen (secondary N) is 1.